The molecular formula is C21H23ClN4O2. The van der Waals surface area contributed by atoms with Crippen molar-refractivity contribution in [3.05, 3.63) is 62.8 Å². The van der Waals surface area contributed by atoms with Gasteiger partial charge in [0.25, 0.3) is 5.56 Å². The predicted octanol–water partition coefficient (Wildman–Crippen LogP) is 3.20. The van der Waals surface area contributed by atoms with E-state index in [-0.39, 0.29) is 18.0 Å². The normalized spacial score (nSPS) is 13.9. The zero-order chi connectivity index (χ0) is 19.7. The molecule has 28 heavy (non-hydrogen) atoms. The lowest BCUT2D eigenvalue weighted by molar-refractivity contribution is -0.121. The summed E-state index contributed by atoms with van der Waals surface area (Å²) in [6.07, 6.45) is 3.99. The molecule has 0 bridgehead atoms. The van der Waals surface area contributed by atoms with E-state index in [9.17, 15) is 9.59 Å². The molecule has 1 aliphatic heterocycles. The molecule has 7 heteroatoms. The van der Waals surface area contributed by atoms with Crippen LogP contribution in [0.3, 0.4) is 0 Å². The Labute approximate surface area is 168 Å². The number of aryl methyl sites for hydroxylation is 2. The number of carbonyl (C=O) groups excluding carboxylic acids is 1. The summed E-state index contributed by atoms with van der Waals surface area (Å²) in [6.45, 7) is 3.12. The Morgan fingerprint density at radius 3 is 2.79 bits per heavy atom. The van der Waals surface area contributed by atoms with E-state index in [1.807, 2.05) is 25.1 Å². The van der Waals surface area contributed by atoms with Gasteiger partial charge < -0.3 is 9.88 Å². The summed E-state index contributed by atoms with van der Waals surface area (Å²) in [7, 11) is 0. The number of nitrogens with zero attached hydrogens (tertiary/aromatic N) is 3. The molecule has 0 spiro atoms. The molecule has 0 saturated carbocycles. The fourth-order valence-electron chi connectivity index (χ4n) is 3.77. The van der Waals surface area contributed by atoms with Gasteiger partial charge in [-0.25, -0.2) is 4.98 Å². The maximum atomic E-state index is 13.1. The highest BCUT2D eigenvalue weighted by Crippen LogP contribution is 2.18. The van der Waals surface area contributed by atoms with Crippen LogP contribution in [0.4, 0.5) is 0 Å². The molecule has 1 aromatic carbocycles. The first-order valence-corrected chi connectivity index (χ1v) is 10.0. The lowest BCUT2D eigenvalue weighted by Gasteiger charge is -2.12. The van der Waals surface area contributed by atoms with Gasteiger partial charge in [-0.3, -0.25) is 14.2 Å². The average Bonchev–Trinajstić information content (AvgIpc) is 2.83. The number of benzene rings is 1. The molecule has 1 aliphatic rings. The van der Waals surface area contributed by atoms with Crippen molar-refractivity contribution in [3.8, 4) is 0 Å². The Hall–Kier alpha value is -2.60. The van der Waals surface area contributed by atoms with Crippen molar-refractivity contribution >= 4 is 28.5 Å². The van der Waals surface area contributed by atoms with Gasteiger partial charge in [0.05, 0.1) is 5.52 Å². The predicted molar refractivity (Wildman–Crippen MR) is 110 cm³/mol. The lowest BCUT2D eigenvalue weighted by Crippen LogP contribution is -2.30. The zero-order valence-electron chi connectivity index (χ0n) is 15.9. The molecule has 2 aromatic heterocycles. The SMILES string of the molecule is Cc1cc2nc3n(c(=O)c2n1CC(=O)NCc1ccc(Cl)cc1)CCCCC3. The smallest absolute Gasteiger partial charge is 0.278 e. The van der Waals surface area contributed by atoms with Crippen LogP contribution < -0.4 is 10.9 Å². The number of carbonyl (C=O) groups is 1. The Balaban J connectivity index is 1.58. The number of hydrogen-bond donors (Lipinski definition) is 1. The molecule has 4 rings (SSSR count). The molecule has 0 atom stereocenters. The first kappa shape index (κ1) is 18.7. The second-order valence-electron chi connectivity index (χ2n) is 7.30. The first-order valence-electron chi connectivity index (χ1n) is 9.63. The number of halogens is 1. The van der Waals surface area contributed by atoms with Crippen LogP contribution in [0.1, 0.15) is 36.3 Å². The summed E-state index contributed by atoms with van der Waals surface area (Å²) in [5, 5.41) is 3.57. The zero-order valence-corrected chi connectivity index (χ0v) is 16.6. The molecule has 6 nitrogen and oxygen atoms in total. The van der Waals surface area contributed by atoms with E-state index in [0.717, 1.165) is 42.8 Å². The van der Waals surface area contributed by atoms with Gasteiger partial charge in [-0.05, 0) is 43.5 Å². The Kier molecular flexibility index (Phi) is 5.22. The Bertz CT molecular complexity index is 1080. The standard InChI is InChI=1S/C21H23ClN4O2/c1-14-11-17-20(21(28)25-10-4-2-3-5-18(25)24-17)26(14)13-19(27)23-12-15-6-8-16(22)9-7-15/h6-9,11H,2-5,10,12-13H2,1H3,(H,23,27). The minimum absolute atomic E-state index is 0.0412. The number of nitrogens with one attached hydrogen (secondary N) is 1. The monoisotopic (exact) mass is 398 g/mol. The van der Waals surface area contributed by atoms with Gasteiger partial charge in [-0.15, -0.1) is 0 Å². The van der Waals surface area contributed by atoms with E-state index in [2.05, 4.69) is 5.32 Å². The summed E-state index contributed by atoms with van der Waals surface area (Å²) < 4.78 is 3.57. The maximum absolute atomic E-state index is 13.1. The van der Waals surface area contributed by atoms with Gasteiger partial charge in [-0.1, -0.05) is 30.2 Å². The van der Waals surface area contributed by atoms with E-state index in [1.54, 1.807) is 21.3 Å². The highest BCUT2D eigenvalue weighted by atomic mass is 35.5. The number of hydrogen-bond acceptors (Lipinski definition) is 3. The molecule has 0 aliphatic carbocycles. The van der Waals surface area contributed by atoms with Crippen LogP contribution >= 0.6 is 11.6 Å². The van der Waals surface area contributed by atoms with Crippen LogP contribution in [0.25, 0.3) is 11.0 Å². The summed E-state index contributed by atoms with van der Waals surface area (Å²) in [4.78, 5) is 30.4. The Morgan fingerprint density at radius 2 is 2.00 bits per heavy atom. The van der Waals surface area contributed by atoms with Crippen molar-refractivity contribution in [1.29, 1.82) is 0 Å². The number of fused-ring (bicyclic) bond motifs is 2. The third-order valence-electron chi connectivity index (χ3n) is 5.28. The van der Waals surface area contributed by atoms with Gasteiger partial charge in [-0.2, -0.15) is 0 Å². The molecule has 1 N–H and O–H groups in total. The van der Waals surface area contributed by atoms with Crippen LogP contribution in [0, 0.1) is 6.92 Å². The molecule has 0 saturated heterocycles. The second-order valence-corrected chi connectivity index (χ2v) is 7.74. The van der Waals surface area contributed by atoms with Gasteiger partial charge in [0.15, 0.2) is 0 Å². The van der Waals surface area contributed by atoms with Gasteiger partial charge in [0.2, 0.25) is 5.91 Å². The van der Waals surface area contributed by atoms with Crippen LogP contribution in [0.15, 0.2) is 35.1 Å². The van der Waals surface area contributed by atoms with Gasteiger partial charge in [0, 0.05) is 30.2 Å². The van der Waals surface area contributed by atoms with Crippen molar-refractivity contribution in [1.82, 2.24) is 19.4 Å². The lowest BCUT2D eigenvalue weighted by atomic mass is 10.2. The minimum Gasteiger partial charge on any atom is -0.350 e. The Morgan fingerprint density at radius 1 is 1.21 bits per heavy atom. The van der Waals surface area contributed by atoms with Crippen LogP contribution in [0.5, 0.6) is 0 Å². The van der Waals surface area contributed by atoms with Crippen molar-refractivity contribution in [3.63, 3.8) is 0 Å². The topological polar surface area (TPSA) is 68.9 Å². The molecule has 0 fully saturated rings. The largest absolute Gasteiger partial charge is 0.350 e. The number of amides is 1. The van der Waals surface area contributed by atoms with Crippen molar-refractivity contribution < 1.29 is 4.79 Å². The van der Waals surface area contributed by atoms with E-state index in [4.69, 9.17) is 16.6 Å². The highest BCUT2D eigenvalue weighted by Gasteiger charge is 2.19. The molecule has 0 unspecified atom stereocenters. The summed E-state index contributed by atoms with van der Waals surface area (Å²) in [5.74, 6) is 0.717. The highest BCUT2D eigenvalue weighted by molar-refractivity contribution is 6.30. The number of aromatic nitrogens is 3. The van der Waals surface area contributed by atoms with E-state index < -0.39 is 0 Å². The fraction of sp³-hybridized carbons (Fsp3) is 0.381. The quantitative estimate of drug-likeness (QED) is 0.733. The van der Waals surface area contributed by atoms with E-state index >= 15 is 0 Å². The third-order valence-corrected chi connectivity index (χ3v) is 5.53. The molecule has 3 heterocycles. The van der Waals surface area contributed by atoms with Crippen LogP contribution in [-0.2, 0) is 30.8 Å². The van der Waals surface area contributed by atoms with E-state index in [1.165, 1.54) is 0 Å². The van der Waals surface area contributed by atoms with Crippen LogP contribution in [0.2, 0.25) is 5.02 Å². The summed E-state index contributed by atoms with van der Waals surface area (Å²) in [5.41, 5.74) is 2.99. The van der Waals surface area contributed by atoms with Crippen LogP contribution in [-0.4, -0.2) is 20.0 Å². The summed E-state index contributed by atoms with van der Waals surface area (Å²) in [6, 6.07) is 9.25. The fourth-order valence-corrected chi connectivity index (χ4v) is 3.90. The maximum Gasteiger partial charge on any atom is 0.278 e. The molecule has 1 amide bonds. The van der Waals surface area contributed by atoms with Crippen molar-refractivity contribution in [2.75, 3.05) is 0 Å². The average molecular weight is 399 g/mol. The van der Waals surface area contributed by atoms with Crippen molar-refractivity contribution in [2.45, 2.75) is 52.2 Å². The summed E-state index contributed by atoms with van der Waals surface area (Å²) >= 11 is 5.89. The van der Waals surface area contributed by atoms with Crippen molar-refractivity contribution in [2.24, 2.45) is 0 Å². The van der Waals surface area contributed by atoms with Gasteiger partial charge >= 0.3 is 0 Å². The molecule has 3 aromatic rings. The van der Waals surface area contributed by atoms with Gasteiger partial charge in [0.1, 0.15) is 17.9 Å². The first-order chi connectivity index (χ1) is 13.5. The second kappa shape index (κ2) is 7.80. The van der Waals surface area contributed by atoms with E-state index in [0.29, 0.717) is 29.1 Å². The minimum atomic E-state index is -0.144. The number of rotatable bonds is 4. The third kappa shape index (κ3) is 3.69. The molecule has 146 valence electrons. The molecular weight excluding hydrogens is 376 g/mol. The molecule has 0 radical (unpaired) electrons.